The summed E-state index contributed by atoms with van der Waals surface area (Å²) in [6.45, 7) is 3.76. The zero-order valence-corrected chi connectivity index (χ0v) is 11.6. The molecule has 0 radical (unpaired) electrons. The van der Waals surface area contributed by atoms with E-state index in [1.54, 1.807) is 0 Å². The molecule has 0 saturated heterocycles. The summed E-state index contributed by atoms with van der Waals surface area (Å²) in [6, 6.07) is 5.43. The fourth-order valence-electron chi connectivity index (χ4n) is 1.99. The van der Waals surface area contributed by atoms with Crippen molar-refractivity contribution in [3.05, 3.63) is 41.6 Å². The summed E-state index contributed by atoms with van der Waals surface area (Å²) >= 11 is 0. The van der Waals surface area contributed by atoms with E-state index in [1.807, 2.05) is 19.9 Å². The predicted octanol–water partition coefficient (Wildman–Crippen LogP) is 3.30. The van der Waals surface area contributed by atoms with Crippen molar-refractivity contribution in [3.63, 3.8) is 0 Å². The van der Waals surface area contributed by atoms with Crippen LogP contribution in [0.5, 0.6) is 0 Å². The molecule has 108 valence electrons. The second kappa shape index (κ2) is 5.75. The molecular weight excluding hydrogens is 274 g/mol. The average Bonchev–Trinajstić information content (AvgIpc) is 2.40. The van der Waals surface area contributed by atoms with Crippen LogP contribution in [0.15, 0.2) is 24.4 Å². The summed E-state index contributed by atoms with van der Waals surface area (Å²) in [6.07, 6.45) is 1.05. The van der Waals surface area contributed by atoms with Crippen LogP contribution in [0.1, 0.15) is 19.4 Å². The van der Waals surface area contributed by atoms with Crippen molar-refractivity contribution in [2.45, 2.75) is 19.9 Å². The van der Waals surface area contributed by atoms with Crippen molar-refractivity contribution in [3.8, 4) is 17.2 Å². The molecule has 1 aromatic carbocycles. The van der Waals surface area contributed by atoms with E-state index in [9.17, 15) is 8.78 Å². The third kappa shape index (κ3) is 3.08. The molecule has 0 unspecified atom stereocenters. The van der Waals surface area contributed by atoms with Crippen molar-refractivity contribution in [1.29, 1.82) is 5.26 Å². The highest BCUT2D eigenvalue weighted by atomic mass is 19.1. The Labute approximate surface area is 121 Å². The number of hydrogen-bond donors (Lipinski definition) is 2. The monoisotopic (exact) mass is 288 g/mol. The minimum atomic E-state index is -0.689. The highest BCUT2D eigenvalue weighted by Gasteiger charge is 2.17. The number of rotatable bonds is 3. The van der Waals surface area contributed by atoms with Gasteiger partial charge in [-0.25, -0.2) is 13.8 Å². The van der Waals surface area contributed by atoms with Crippen LogP contribution in [0.25, 0.3) is 11.1 Å². The molecule has 0 spiro atoms. The summed E-state index contributed by atoms with van der Waals surface area (Å²) in [5.74, 6) is -0.949. The van der Waals surface area contributed by atoms with Crippen LogP contribution in [0.3, 0.4) is 0 Å². The van der Waals surface area contributed by atoms with Gasteiger partial charge in [0.2, 0.25) is 0 Å². The molecule has 4 nitrogen and oxygen atoms in total. The highest BCUT2D eigenvalue weighted by molar-refractivity contribution is 5.84. The number of nitrogens with two attached hydrogens (primary N) is 1. The van der Waals surface area contributed by atoms with Gasteiger partial charge in [-0.05, 0) is 32.0 Å². The number of halogens is 2. The second-order valence-electron chi connectivity index (χ2n) is 4.88. The van der Waals surface area contributed by atoms with Gasteiger partial charge in [-0.15, -0.1) is 0 Å². The van der Waals surface area contributed by atoms with Gasteiger partial charge in [0.05, 0.1) is 17.8 Å². The normalized spacial score (nSPS) is 10.5. The van der Waals surface area contributed by atoms with Gasteiger partial charge in [-0.1, -0.05) is 0 Å². The van der Waals surface area contributed by atoms with Crippen molar-refractivity contribution < 1.29 is 8.78 Å². The van der Waals surface area contributed by atoms with Crippen molar-refractivity contribution in [2.75, 3.05) is 11.1 Å². The van der Waals surface area contributed by atoms with E-state index < -0.39 is 11.6 Å². The highest BCUT2D eigenvalue weighted by Crippen LogP contribution is 2.34. The first-order chi connectivity index (χ1) is 9.92. The van der Waals surface area contributed by atoms with E-state index in [0.29, 0.717) is 5.82 Å². The van der Waals surface area contributed by atoms with Crippen LogP contribution in [0.4, 0.5) is 20.3 Å². The molecular formula is C15H14F2N4. The zero-order valence-electron chi connectivity index (χ0n) is 11.6. The summed E-state index contributed by atoms with van der Waals surface area (Å²) in [5, 5.41) is 11.8. The maximum Gasteiger partial charge on any atom is 0.142 e. The Morgan fingerprint density at radius 2 is 2.00 bits per heavy atom. The van der Waals surface area contributed by atoms with Gasteiger partial charge in [0.1, 0.15) is 17.5 Å². The lowest BCUT2D eigenvalue weighted by Crippen LogP contribution is -2.12. The maximum atomic E-state index is 14.2. The zero-order chi connectivity index (χ0) is 15.6. The molecule has 0 aliphatic carbocycles. The molecule has 21 heavy (non-hydrogen) atoms. The van der Waals surface area contributed by atoms with E-state index >= 15 is 0 Å². The third-order valence-electron chi connectivity index (χ3n) is 2.80. The summed E-state index contributed by atoms with van der Waals surface area (Å²) in [4.78, 5) is 3.95. The number of anilines is 2. The van der Waals surface area contributed by atoms with Gasteiger partial charge >= 0.3 is 0 Å². The van der Waals surface area contributed by atoms with Gasteiger partial charge in [-0.2, -0.15) is 5.26 Å². The molecule has 1 aromatic heterocycles. The number of nitrogen functional groups attached to an aromatic ring is 1. The topological polar surface area (TPSA) is 74.7 Å². The number of aromatic nitrogens is 1. The van der Waals surface area contributed by atoms with Crippen LogP contribution in [0, 0.1) is 23.0 Å². The molecule has 0 saturated carbocycles. The number of nitrogens with zero attached hydrogens (tertiary/aromatic N) is 2. The molecule has 0 aliphatic rings. The average molecular weight is 288 g/mol. The van der Waals surface area contributed by atoms with Gasteiger partial charge in [0.15, 0.2) is 0 Å². The molecule has 3 N–H and O–H groups in total. The van der Waals surface area contributed by atoms with Crippen molar-refractivity contribution in [2.24, 2.45) is 0 Å². The SMILES string of the molecule is CC(C)Nc1ncc(F)cc1-c1c(N)cc(C#N)cc1F. The standard InChI is InChI=1S/C15H14F2N4/c1-8(2)21-15-11(5-10(16)7-20-15)14-12(17)3-9(6-18)4-13(14)19/h3-5,7-8H,19H2,1-2H3,(H,20,21). The van der Waals surface area contributed by atoms with Crippen LogP contribution in [-0.2, 0) is 0 Å². The van der Waals surface area contributed by atoms with Gasteiger partial charge in [-0.3, -0.25) is 0 Å². The summed E-state index contributed by atoms with van der Waals surface area (Å²) in [5.41, 5.74) is 6.24. The van der Waals surface area contributed by atoms with Crippen LogP contribution < -0.4 is 11.1 Å². The fraction of sp³-hybridized carbons (Fsp3) is 0.200. The quantitative estimate of drug-likeness (QED) is 0.850. The lowest BCUT2D eigenvalue weighted by Gasteiger charge is -2.15. The number of pyridine rings is 1. The smallest absolute Gasteiger partial charge is 0.142 e. The lowest BCUT2D eigenvalue weighted by atomic mass is 10.0. The molecule has 0 bridgehead atoms. The lowest BCUT2D eigenvalue weighted by molar-refractivity contribution is 0.619. The van der Waals surface area contributed by atoms with E-state index in [4.69, 9.17) is 11.0 Å². The third-order valence-corrected chi connectivity index (χ3v) is 2.80. The molecule has 0 fully saturated rings. The first-order valence-electron chi connectivity index (χ1n) is 6.34. The fourth-order valence-corrected chi connectivity index (χ4v) is 1.99. The molecule has 2 aromatic rings. The Hall–Kier alpha value is -2.68. The van der Waals surface area contributed by atoms with Crippen LogP contribution in [0.2, 0.25) is 0 Å². The Kier molecular flexibility index (Phi) is 4.03. The minimum absolute atomic E-state index is 0.0316. The Morgan fingerprint density at radius 1 is 1.29 bits per heavy atom. The first-order valence-corrected chi connectivity index (χ1v) is 6.34. The Bertz CT molecular complexity index is 697. The Morgan fingerprint density at radius 3 is 2.57 bits per heavy atom. The number of benzene rings is 1. The molecule has 0 amide bonds. The van der Waals surface area contributed by atoms with E-state index in [0.717, 1.165) is 12.3 Å². The molecule has 6 heteroatoms. The maximum absolute atomic E-state index is 14.2. The van der Waals surface area contributed by atoms with Crippen molar-refractivity contribution >= 4 is 11.5 Å². The Balaban J connectivity index is 2.66. The first kappa shape index (κ1) is 14.7. The predicted molar refractivity (Wildman–Crippen MR) is 77.5 cm³/mol. The largest absolute Gasteiger partial charge is 0.398 e. The van der Waals surface area contributed by atoms with Crippen molar-refractivity contribution in [1.82, 2.24) is 4.98 Å². The molecule has 0 aliphatic heterocycles. The minimum Gasteiger partial charge on any atom is -0.398 e. The molecule has 2 rings (SSSR count). The summed E-state index contributed by atoms with van der Waals surface area (Å²) < 4.78 is 27.7. The van der Waals surface area contributed by atoms with E-state index in [-0.39, 0.29) is 28.4 Å². The van der Waals surface area contributed by atoms with Crippen LogP contribution >= 0.6 is 0 Å². The second-order valence-corrected chi connectivity index (χ2v) is 4.88. The molecule has 1 heterocycles. The number of hydrogen-bond acceptors (Lipinski definition) is 4. The van der Waals surface area contributed by atoms with Gasteiger partial charge in [0.25, 0.3) is 0 Å². The number of nitriles is 1. The van der Waals surface area contributed by atoms with Gasteiger partial charge < -0.3 is 11.1 Å². The summed E-state index contributed by atoms with van der Waals surface area (Å²) in [7, 11) is 0. The number of nitrogens with one attached hydrogen (secondary N) is 1. The van der Waals surface area contributed by atoms with Crippen LogP contribution in [-0.4, -0.2) is 11.0 Å². The van der Waals surface area contributed by atoms with Gasteiger partial charge in [0, 0.05) is 22.9 Å². The van der Waals surface area contributed by atoms with E-state index in [2.05, 4.69) is 10.3 Å². The molecule has 0 atom stereocenters. The van der Waals surface area contributed by atoms with E-state index in [1.165, 1.54) is 12.1 Å².